The minimum atomic E-state index is -0.0900. The molecular formula is C6H8BI3N2S. The van der Waals surface area contributed by atoms with Crippen molar-refractivity contribution in [2.24, 2.45) is 7.05 Å². The van der Waals surface area contributed by atoms with E-state index in [4.69, 9.17) is 20.1 Å². The maximum Gasteiger partial charge on any atom is 0.124 e. The van der Waals surface area contributed by atoms with Crippen LogP contribution < -0.4 is 0 Å². The lowest BCUT2D eigenvalue weighted by Crippen LogP contribution is -1.92. The van der Waals surface area contributed by atoms with E-state index in [-0.39, 0.29) is -0.665 Å². The minimum absolute atomic E-state index is 0.0900. The van der Waals surface area contributed by atoms with E-state index < -0.39 is 0 Å². The van der Waals surface area contributed by atoms with Gasteiger partial charge in [0.2, 0.25) is 0 Å². The molecule has 0 unspecified atom stereocenters. The number of nitrogens with one attached hydrogen (secondary N) is 1. The molecule has 0 atom stereocenters. The summed E-state index contributed by atoms with van der Waals surface area (Å²) in [6.07, 6.45) is 1.89. The van der Waals surface area contributed by atoms with Gasteiger partial charge < -0.3 is 5.10 Å². The number of aromatic amines is 1. The van der Waals surface area contributed by atoms with Gasteiger partial charge in [0.05, 0.1) is -0.665 Å². The smallest absolute Gasteiger partial charge is 0.124 e. The van der Waals surface area contributed by atoms with Crippen LogP contribution in [0.15, 0.2) is 6.20 Å². The highest BCUT2D eigenvalue weighted by molar-refractivity contribution is 14.3. The molecule has 0 bridgehead atoms. The summed E-state index contributed by atoms with van der Waals surface area (Å²) in [7, 11) is 7.21. The first kappa shape index (κ1) is 14.7. The van der Waals surface area contributed by atoms with E-state index in [1.54, 1.807) is 0 Å². The topological polar surface area (TPSA) is 20.7 Å². The van der Waals surface area contributed by atoms with Crippen molar-refractivity contribution in [2.45, 2.75) is 6.26 Å². The summed E-state index contributed by atoms with van der Waals surface area (Å²) in [6, 6.07) is 0. The number of aromatic nitrogens is 2. The van der Waals surface area contributed by atoms with E-state index in [9.17, 15) is 0 Å². The second-order valence-corrected chi connectivity index (χ2v) is 14.0. The molecule has 0 aliphatic rings. The Morgan fingerprint density at radius 2 is 1.92 bits per heavy atom. The van der Waals surface area contributed by atoms with Gasteiger partial charge in [0.25, 0.3) is 0 Å². The summed E-state index contributed by atoms with van der Waals surface area (Å²) in [5, 5.41) is 2.95. The molecule has 72 valence electrons. The van der Waals surface area contributed by atoms with Crippen LogP contribution in [0, 0.1) is 11.6 Å². The van der Waals surface area contributed by atoms with Crippen molar-refractivity contribution in [3.05, 3.63) is 16.4 Å². The highest BCUT2D eigenvalue weighted by atomic mass is 127. The first-order chi connectivity index (χ1) is 5.72. The monoisotopic (exact) mass is 532 g/mol. The molecule has 1 aromatic heterocycles. The molecule has 0 amide bonds. The average Bonchev–Trinajstić information content (AvgIpc) is 2.16. The zero-order chi connectivity index (χ0) is 10.6. The summed E-state index contributed by atoms with van der Waals surface area (Å²) in [4.78, 5) is 0. The van der Waals surface area contributed by atoms with Crippen molar-refractivity contribution in [2.75, 3.05) is 0 Å². The average molecular weight is 532 g/mol. The maximum atomic E-state index is 5.31. The summed E-state index contributed by atoms with van der Waals surface area (Å²) < 4.78 is 2.60. The number of halogens is 3. The molecule has 0 aromatic carbocycles. The molecule has 0 fully saturated rings. The first-order valence-corrected chi connectivity index (χ1v) is 6.93. The van der Waals surface area contributed by atoms with E-state index >= 15 is 0 Å². The fraction of sp³-hybridized carbons (Fsp3) is 0.500. The quantitative estimate of drug-likeness (QED) is 0.235. The highest BCUT2D eigenvalue weighted by Gasteiger charge is 2.03. The van der Waals surface area contributed by atoms with Crippen LogP contribution in [0.2, 0.25) is 0 Å². The van der Waals surface area contributed by atoms with E-state index in [2.05, 4.69) is 72.9 Å². The number of hydrogen-bond acceptors (Lipinski definition) is 1. The van der Waals surface area contributed by atoms with Gasteiger partial charge >= 0.3 is 0 Å². The molecule has 1 rings (SSSR count). The van der Waals surface area contributed by atoms with Gasteiger partial charge in [0, 0.05) is 18.8 Å². The SMILES string of the molecule is Cc1c[nH]n(C)c1=S.[B]C(I)(I)I. The third-order valence-electron chi connectivity index (χ3n) is 1.12. The van der Waals surface area contributed by atoms with Crippen LogP contribution in [0.4, 0.5) is 0 Å². The molecule has 7 heteroatoms. The van der Waals surface area contributed by atoms with Gasteiger partial charge in [-0.2, -0.15) is 0 Å². The molecular weight excluding hydrogens is 524 g/mol. The highest BCUT2D eigenvalue weighted by Crippen LogP contribution is 2.30. The Hall–Kier alpha value is 1.68. The molecule has 1 aromatic rings. The first-order valence-electron chi connectivity index (χ1n) is 3.28. The van der Waals surface area contributed by atoms with Crippen LogP contribution >= 0.6 is 80.0 Å². The van der Waals surface area contributed by atoms with Crippen molar-refractivity contribution >= 4 is 87.8 Å². The van der Waals surface area contributed by atoms with Crippen molar-refractivity contribution in [3.63, 3.8) is 0 Å². The second-order valence-electron chi connectivity index (χ2n) is 2.36. The third kappa shape index (κ3) is 8.66. The van der Waals surface area contributed by atoms with Crippen LogP contribution in [0.25, 0.3) is 0 Å². The van der Waals surface area contributed by atoms with Crippen LogP contribution in [0.5, 0.6) is 0 Å². The summed E-state index contributed by atoms with van der Waals surface area (Å²) in [6.45, 7) is 1.98. The fourth-order valence-corrected chi connectivity index (χ4v) is 0.690. The standard InChI is InChI=1S/C5H8N2S.CBI3/c1-4-3-6-7(2)5(4)8;2-1(3,4)5/h3,6H,1-2H3;. The summed E-state index contributed by atoms with van der Waals surface area (Å²) in [5.41, 5.74) is 1.13. The molecule has 1 N–H and O–H groups in total. The zero-order valence-corrected chi connectivity index (χ0v) is 14.4. The molecule has 13 heavy (non-hydrogen) atoms. The Balaban J connectivity index is 0.000000252. The second kappa shape index (κ2) is 6.31. The van der Waals surface area contributed by atoms with Crippen molar-refractivity contribution in [3.8, 4) is 0 Å². The van der Waals surface area contributed by atoms with Gasteiger partial charge in [-0.25, -0.2) is 0 Å². The molecule has 2 radical (unpaired) electrons. The summed E-state index contributed by atoms with van der Waals surface area (Å²) in [5.74, 6) is 0. The lowest BCUT2D eigenvalue weighted by molar-refractivity contribution is 0.756. The van der Waals surface area contributed by atoms with Crippen LogP contribution in [-0.4, -0.2) is 17.0 Å². The van der Waals surface area contributed by atoms with Crippen molar-refractivity contribution in [1.82, 2.24) is 9.78 Å². The predicted molar refractivity (Wildman–Crippen MR) is 85.9 cm³/mol. The Labute approximate surface area is 125 Å². The lowest BCUT2D eigenvalue weighted by atomic mass is 10.2. The van der Waals surface area contributed by atoms with Gasteiger partial charge in [-0.15, -0.1) is 0 Å². The van der Waals surface area contributed by atoms with Gasteiger partial charge in [0.1, 0.15) is 12.5 Å². The number of H-pyrrole nitrogens is 1. The molecule has 0 saturated heterocycles. The lowest BCUT2D eigenvalue weighted by Gasteiger charge is -1.97. The Kier molecular flexibility index (Phi) is 7.12. The number of alkyl halides is 3. The van der Waals surface area contributed by atoms with Crippen LogP contribution in [0.3, 0.4) is 0 Å². The fourth-order valence-electron chi connectivity index (χ4n) is 0.579. The number of nitrogens with zero attached hydrogens (tertiary/aromatic N) is 1. The van der Waals surface area contributed by atoms with Gasteiger partial charge in [-0.05, 0) is 6.92 Å². The molecule has 0 saturated carbocycles. The molecule has 0 aliphatic heterocycles. The number of hydrogen-bond donors (Lipinski definition) is 1. The van der Waals surface area contributed by atoms with Gasteiger partial charge in [0.15, 0.2) is 0 Å². The predicted octanol–water partition coefficient (Wildman–Crippen LogP) is 3.46. The molecule has 0 spiro atoms. The van der Waals surface area contributed by atoms with E-state index in [0.29, 0.717) is 0 Å². The van der Waals surface area contributed by atoms with Gasteiger partial charge in [-0.1, -0.05) is 80.0 Å². The summed E-state index contributed by atoms with van der Waals surface area (Å²) >= 11 is 11.3. The van der Waals surface area contributed by atoms with Gasteiger partial charge in [-0.3, -0.25) is 4.68 Å². The normalized spacial score (nSPS) is 10.5. The number of rotatable bonds is 0. The molecule has 2 nitrogen and oxygen atoms in total. The van der Waals surface area contributed by atoms with Crippen LogP contribution in [-0.2, 0) is 7.05 Å². The Morgan fingerprint density at radius 1 is 1.54 bits per heavy atom. The Bertz CT molecular complexity index is 286. The van der Waals surface area contributed by atoms with Crippen molar-refractivity contribution < 1.29 is 0 Å². The minimum Gasteiger partial charge on any atom is -0.305 e. The largest absolute Gasteiger partial charge is 0.305 e. The van der Waals surface area contributed by atoms with E-state index in [0.717, 1.165) is 10.2 Å². The molecule has 1 heterocycles. The van der Waals surface area contributed by atoms with Crippen LogP contribution in [0.1, 0.15) is 5.56 Å². The third-order valence-corrected chi connectivity index (χ3v) is 1.71. The Morgan fingerprint density at radius 3 is 2.00 bits per heavy atom. The van der Waals surface area contributed by atoms with E-state index in [1.807, 2.05) is 24.9 Å². The van der Waals surface area contributed by atoms with E-state index in [1.165, 1.54) is 0 Å². The zero-order valence-electron chi connectivity index (χ0n) is 7.14. The number of aryl methyl sites for hydroxylation is 2. The maximum absolute atomic E-state index is 5.31. The molecule has 0 aliphatic carbocycles. The van der Waals surface area contributed by atoms with Crippen molar-refractivity contribution in [1.29, 1.82) is 0 Å².